The van der Waals surface area contributed by atoms with Crippen LogP contribution in [0.4, 0.5) is 0 Å². The molecule has 0 fully saturated rings. The first-order valence-electron chi connectivity index (χ1n) is 3.19. The van der Waals surface area contributed by atoms with E-state index in [0.717, 1.165) is 0 Å². The van der Waals surface area contributed by atoms with E-state index in [4.69, 9.17) is 28.0 Å². The summed E-state index contributed by atoms with van der Waals surface area (Å²) in [4.78, 5) is 0. The molecule has 0 unspecified atom stereocenters. The van der Waals surface area contributed by atoms with Crippen molar-refractivity contribution in [3.63, 3.8) is 0 Å². The molecule has 0 bridgehead atoms. The first kappa shape index (κ1) is 8.57. The fourth-order valence-electron chi connectivity index (χ4n) is 0.803. The summed E-state index contributed by atoms with van der Waals surface area (Å²) < 4.78 is 0. The van der Waals surface area contributed by atoms with Crippen molar-refractivity contribution in [1.82, 2.24) is 0 Å². The van der Waals surface area contributed by atoms with E-state index in [2.05, 4.69) is 0 Å². The Labute approximate surface area is 74.9 Å². The molecule has 0 spiro atoms. The smallest absolute Gasteiger partial charge is 0.124 e. The summed E-state index contributed by atoms with van der Waals surface area (Å²) in [6.45, 7) is 0. The number of nitrogen functional groups attached to an aromatic ring is 1. The zero-order chi connectivity index (χ0) is 9.14. The number of amidine groups is 1. The number of nitriles is 1. The Morgan fingerprint density at radius 3 is 2.67 bits per heavy atom. The van der Waals surface area contributed by atoms with Crippen molar-refractivity contribution in [2.75, 3.05) is 0 Å². The van der Waals surface area contributed by atoms with Crippen molar-refractivity contribution in [1.29, 1.82) is 10.7 Å². The number of halogens is 1. The maximum Gasteiger partial charge on any atom is 0.124 e. The third-order valence-electron chi connectivity index (χ3n) is 1.39. The van der Waals surface area contributed by atoms with Gasteiger partial charge in [-0.15, -0.1) is 0 Å². The second-order valence-electron chi connectivity index (χ2n) is 2.22. The minimum atomic E-state index is -0.0931. The highest BCUT2D eigenvalue weighted by molar-refractivity contribution is 6.34. The fraction of sp³-hybridized carbons (Fsp3) is 0. The van der Waals surface area contributed by atoms with Crippen LogP contribution in [0.1, 0.15) is 11.1 Å². The van der Waals surface area contributed by atoms with Gasteiger partial charge in [-0.05, 0) is 18.2 Å². The molecule has 60 valence electrons. The lowest BCUT2D eigenvalue weighted by atomic mass is 10.1. The van der Waals surface area contributed by atoms with Crippen molar-refractivity contribution in [2.24, 2.45) is 5.73 Å². The van der Waals surface area contributed by atoms with Crippen molar-refractivity contribution in [3.05, 3.63) is 34.3 Å². The van der Waals surface area contributed by atoms with Gasteiger partial charge in [-0.25, -0.2) is 0 Å². The molecule has 0 aliphatic rings. The average molecular weight is 180 g/mol. The maximum atomic E-state index is 8.50. The minimum Gasteiger partial charge on any atom is -0.384 e. The monoisotopic (exact) mass is 179 g/mol. The molecule has 0 saturated carbocycles. The van der Waals surface area contributed by atoms with Gasteiger partial charge in [0.25, 0.3) is 0 Å². The molecule has 0 atom stereocenters. The van der Waals surface area contributed by atoms with E-state index in [-0.39, 0.29) is 5.84 Å². The number of nitrogens with one attached hydrogen (secondary N) is 1. The lowest BCUT2D eigenvalue weighted by Gasteiger charge is -2.00. The first-order chi connectivity index (χ1) is 5.65. The number of hydrogen-bond acceptors (Lipinski definition) is 2. The molecule has 0 amide bonds. The zero-order valence-corrected chi connectivity index (χ0v) is 6.89. The van der Waals surface area contributed by atoms with Crippen LogP contribution in [-0.2, 0) is 0 Å². The molecule has 12 heavy (non-hydrogen) atoms. The molecule has 1 aromatic rings. The molecule has 0 saturated heterocycles. The number of hydrogen-bond donors (Lipinski definition) is 2. The van der Waals surface area contributed by atoms with Crippen LogP contribution in [0, 0.1) is 16.7 Å². The van der Waals surface area contributed by atoms with Gasteiger partial charge in [-0.1, -0.05) is 11.6 Å². The van der Waals surface area contributed by atoms with Gasteiger partial charge in [0, 0.05) is 5.56 Å². The number of nitrogens with zero attached hydrogens (tertiary/aromatic N) is 1. The van der Waals surface area contributed by atoms with Gasteiger partial charge in [-0.3, -0.25) is 5.41 Å². The lowest BCUT2D eigenvalue weighted by molar-refractivity contribution is 1.41. The highest BCUT2D eigenvalue weighted by Crippen LogP contribution is 2.16. The van der Waals surface area contributed by atoms with Gasteiger partial charge in [0.2, 0.25) is 0 Å². The van der Waals surface area contributed by atoms with Gasteiger partial charge in [-0.2, -0.15) is 5.26 Å². The quantitative estimate of drug-likeness (QED) is 0.507. The van der Waals surface area contributed by atoms with E-state index in [1.165, 1.54) is 6.07 Å². The Bertz CT molecular complexity index is 365. The summed E-state index contributed by atoms with van der Waals surface area (Å²) in [6.07, 6.45) is 0. The molecular formula is C8H6ClN3. The number of benzene rings is 1. The molecule has 0 aliphatic heterocycles. The zero-order valence-electron chi connectivity index (χ0n) is 6.13. The second-order valence-corrected chi connectivity index (χ2v) is 2.63. The van der Waals surface area contributed by atoms with Crippen LogP contribution < -0.4 is 5.73 Å². The van der Waals surface area contributed by atoms with Gasteiger partial charge >= 0.3 is 0 Å². The van der Waals surface area contributed by atoms with Crippen LogP contribution in [0.25, 0.3) is 0 Å². The van der Waals surface area contributed by atoms with E-state index in [1.54, 1.807) is 12.1 Å². The molecule has 0 heterocycles. The Hall–Kier alpha value is -1.53. The highest BCUT2D eigenvalue weighted by Gasteiger charge is 2.03. The van der Waals surface area contributed by atoms with Crippen LogP contribution in [0.3, 0.4) is 0 Å². The minimum absolute atomic E-state index is 0.0931. The highest BCUT2D eigenvalue weighted by atomic mass is 35.5. The SMILES string of the molecule is N#Cc1ccc(C(=N)N)c(Cl)c1. The van der Waals surface area contributed by atoms with Gasteiger partial charge in [0.05, 0.1) is 16.7 Å². The van der Waals surface area contributed by atoms with Crippen LogP contribution in [0.5, 0.6) is 0 Å². The molecule has 1 rings (SSSR count). The van der Waals surface area contributed by atoms with Crippen LogP contribution in [-0.4, -0.2) is 5.84 Å². The van der Waals surface area contributed by atoms with Crippen molar-refractivity contribution in [3.8, 4) is 6.07 Å². The summed E-state index contributed by atoms with van der Waals surface area (Å²) in [5.74, 6) is -0.0931. The summed E-state index contributed by atoms with van der Waals surface area (Å²) >= 11 is 5.73. The molecule has 0 radical (unpaired) electrons. The topological polar surface area (TPSA) is 73.7 Å². The maximum absolute atomic E-state index is 8.50. The molecule has 1 aromatic carbocycles. The third-order valence-corrected chi connectivity index (χ3v) is 1.70. The number of rotatable bonds is 1. The van der Waals surface area contributed by atoms with Crippen molar-refractivity contribution < 1.29 is 0 Å². The molecule has 3 N–H and O–H groups in total. The number of nitrogens with two attached hydrogens (primary N) is 1. The Morgan fingerprint density at radius 1 is 1.58 bits per heavy atom. The van der Waals surface area contributed by atoms with E-state index >= 15 is 0 Å². The van der Waals surface area contributed by atoms with E-state index in [1.807, 2.05) is 6.07 Å². The summed E-state index contributed by atoms with van der Waals surface area (Å²) in [5, 5.41) is 15.9. The van der Waals surface area contributed by atoms with Crippen LogP contribution in [0.2, 0.25) is 5.02 Å². The molecule has 4 heteroatoms. The summed E-state index contributed by atoms with van der Waals surface area (Å²) in [6, 6.07) is 6.55. The summed E-state index contributed by atoms with van der Waals surface area (Å²) in [5.41, 5.74) is 6.14. The second kappa shape index (κ2) is 3.24. The Morgan fingerprint density at radius 2 is 2.25 bits per heavy atom. The predicted molar refractivity (Wildman–Crippen MR) is 47.2 cm³/mol. The van der Waals surface area contributed by atoms with E-state index in [9.17, 15) is 0 Å². The van der Waals surface area contributed by atoms with Crippen LogP contribution in [0.15, 0.2) is 18.2 Å². The van der Waals surface area contributed by atoms with Gasteiger partial charge in [0.1, 0.15) is 5.84 Å². The average Bonchev–Trinajstić information content (AvgIpc) is 2.03. The van der Waals surface area contributed by atoms with Gasteiger partial charge < -0.3 is 5.73 Å². The Kier molecular flexibility index (Phi) is 2.32. The van der Waals surface area contributed by atoms with E-state index in [0.29, 0.717) is 16.1 Å². The standard InChI is InChI=1S/C8H6ClN3/c9-7-3-5(4-10)1-2-6(7)8(11)12/h1-3H,(H3,11,12). The first-order valence-corrected chi connectivity index (χ1v) is 3.57. The van der Waals surface area contributed by atoms with Crippen molar-refractivity contribution >= 4 is 17.4 Å². The molecular weight excluding hydrogens is 174 g/mol. The molecule has 0 aliphatic carbocycles. The third kappa shape index (κ3) is 1.55. The lowest BCUT2D eigenvalue weighted by Crippen LogP contribution is -2.11. The normalized spacial score (nSPS) is 9.00. The van der Waals surface area contributed by atoms with Crippen LogP contribution >= 0.6 is 11.6 Å². The van der Waals surface area contributed by atoms with Gasteiger partial charge in [0.15, 0.2) is 0 Å². The summed E-state index contributed by atoms with van der Waals surface area (Å²) in [7, 11) is 0. The predicted octanol–water partition coefficient (Wildman–Crippen LogP) is 1.50. The van der Waals surface area contributed by atoms with E-state index < -0.39 is 0 Å². The molecule has 0 aromatic heterocycles. The molecule has 3 nitrogen and oxygen atoms in total. The Balaban J connectivity index is 3.23. The largest absolute Gasteiger partial charge is 0.384 e. The van der Waals surface area contributed by atoms with Crippen molar-refractivity contribution in [2.45, 2.75) is 0 Å². The fourth-order valence-corrected chi connectivity index (χ4v) is 1.09.